The molecule has 2 heterocycles. The van der Waals surface area contributed by atoms with E-state index in [2.05, 4.69) is 9.46 Å². The molecule has 1 fully saturated rings. The first kappa shape index (κ1) is 15.4. The molecule has 8 heteroatoms. The number of carbonyl (C=O) groups is 1. The van der Waals surface area contributed by atoms with E-state index in [0.717, 1.165) is 30.8 Å². The van der Waals surface area contributed by atoms with E-state index >= 15 is 0 Å². The number of methoxy groups -OCH3 is 1. The maximum Gasteiger partial charge on any atom is 0.349 e. The van der Waals surface area contributed by atoms with E-state index in [1.807, 2.05) is 0 Å². The minimum absolute atomic E-state index is 0.0262. The highest BCUT2D eigenvalue weighted by molar-refractivity contribution is 7.89. The van der Waals surface area contributed by atoms with Crippen LogP contribution in [0.5, 0.6) is 0 Å². The summed E-state index contributed by atoms with van der Waals surface area (Å²) in [6.07, 6.45) is 2.75. The lowest BCUT2D eigenvalue weighted by Crippen LogP contribution is -2.28. The van der Waals surface area contributed by atoms with Crippen molar-refractivity contribution in [3.8, 4) is 0 Å². The van der Waals surface area contributed by atoms with Crippen molar-refractivity contribution in [1.82, 2.24) is 4.72 Å². The lowest BCUT2D eigenvalue weighted by Gasteiger charge is -2.10. The van der Waals surface area contributed by atoms with Gasteiger partial charge < -0.3 is 9.47 Å². The number of sulfonamides is 1. The average molecular weight is 319 g/mol. The number of carbonyl (C=O) groups excluding carboxylic acids is 1. The molecule has 0 amide bonds. The third-order valence-corrected chi connectivity index (χ3v) is 5.60. The molecule has 1 atom stereocenters. The average Bonchev–Trinajstić information content (AvgIpc) is 3.08. The van der Waals surface area contributed by atoms with Crippen LogP contribution in [0.15, 0.2) is 16.3 Å². The molecule has 1 aromatic heterocycles. The van der Waals surface area contributed by atoms with Gasteiger partial charge in [0.25, 0.3) is 0 Å². The van der Waals surface area contributed by atoms with Gasteiger partial charge in [-0.1, -0.05) is 0 Å². The van der Waals surface area contributed by atoms with Crippen molar-refractivity contribution in [3.05, 3.63) is 16.3 Å². The van der Waals surface area contributed by atoms with Gasteiger partial charge in [-0.3, -0.25) is 0 Å². The first-order valence-electron chi connectivity index (χ1n) is 6.31. The van der Waals surface area contributed by atoms with Crippen molar-refractivity contribution in [2.24, 2.45) is 0 Å². The summed E-state index contributed by atoms with van der Waals surface area (Å²) in [6, 6.07) is 1.41. The van der Waals surface area contributed by atoms with E-state index in [-0.39, 0.29) is 15.9 Å². The molecule has 0 spiro atoms. The molecule has 0 radical (unpaired) electrons. The summed E-state index contributed by atoms with van der Waals surface area (Å²) in [7, 11) is -2.46. The Bertz CT molecular complexity index is 560. The van der Waals surface area contributed by atoms with E-state index < -0.39 is 16.0 Å². The lowest BCUT2D eigenvalue weighted by atomic mass is 10.2. The second-order valence-corrected chi connectivity index (χ2v) is 7.08. The van der Waals surface area contributed by atoms with Gasteiger partial charge in [-0.15, -0.1) is 11.3 Å². The number of rotatable bonds is 6. The molecule has 0 aromatic carbocycles. The van der Waals surface area contributed by atoms with E-state index in [0.29, 0.717) is 13.0 Å². The quantitative estimate of drug-likeness (QED) is 0.801. The molecule has 1 aromatic rings. The molecular weight excluding hydrogens is 302 g/mol. The van der Waals surface area contributed by atoms with Crippen LogP contribution < -0.4 is 4.72 Å². The van der Waals surface area contributed by atoms with Crippen LogP contribution in [0, 0.1) is 0 Å². The van der Waals surface area contributed by atoms with Gasteiger partial charge in [-0.25, -0.2) is 17.9 Å². The van der Waals surface area contributed by atoms with Crippen molar-refractivity contribution in [1.29, 1.82) is 0 Å². The normalized spacial score (nSPS) is 19.1. The highest BCUT2D eigenvalue weighted by atomic mass is 32.2. The number of nitrogens with one attached hydrogen (secondary N) is 1. The number of esters is 1. The Morgan fingerprint density at radius 1 is 1.60 bits per heavy atom. The standard InChI is InChI=1S/C12H17NO5S2/c1-17-12(14)11-10(5-8-19-11)20(15,16)13-6-4-9-3-2-7-18-9/h5,8-9,13H,2-4,6-7H2,1H3/t9-/m1/s1. The summed E-state index contributed by atoms with van der Waals surface area (Å²) in [6.45, 7) is 1.04. The van der Waals surface area contributed by atoms with Crippen molar-refractivity contribution >= 4 is 27.3 Å². The van der Waals surface area contributed by atoms with Crippen LogP contribution in [0.25, 0.3) is 0 Å². The summed E-state index contributed by atoms with van der Waals surface area (Å²) >= 11 is 1.05. The molecule has 1 saturated heterocycles. The van der Waals surface area contributed by atoms with Crippen LogP contribution in [0.3, 0.4) is 0 Å². The summed E-state index contributed by atoms with van der Waals surface area (Å²) in [4.78, 5) is 11.6. The second kappa shape index (κ2) is 6.66. The molecule has 20 heavy (non-hydrogen) atoms. The molecule has 0 bridgehead atoms. The third kappa shape index (κ3) is 3.57. The Labute approximate surface area is 122 Å². The Kier molecular flexibility index (Phi) is 5.14. The Morgan fingerprint density at radius 2 is 2.40 bits per heavy atom. The molecular formula is C12H17NO5S2. The summed E-state index contributed by atoms with van der Waals surface area (Å²) in [5, 5.41) is 1.56. The van der Waals surface area contributed by atoms with Crippen LogP contribution in [-0.4, -0.2) is 40.8 Å². The van der Waals surface area contributed by atoms with E-state index in [1.165, 1.54) is 13.2 Å². The highest BCUT2D eigenvalue weighted by Crippen LogP contribution is 2.23. The molecule has 112 valence electrons. The molecule has 1 aliphatic heterocycles. The SMILES string of the molecule is COC(=O)c1sccc1S(=O)(=O)NCC[C@H]1CCCO1. The van der Waals surface area contributed by atoms with Gasteiger partial charge in [0.05, 0.1) is 13.2 Å². The van der Waals surface area contributed by atoms with Gasteiger partial charge in [0, 0.05) is 13.2 Å². The summed E-state index contributed by atoms with van der Waals surface area (Å²) < 4.78 is 36.8. The predicted molar refractivity (Wildman–Crippen MR) is 74.4 cm³/mol. The maximum absolute atomic E-state index is 12.2. The van der Waals surface area contributed by atoms with Crippen LogP contribution in [-0.2, 0) is 19.5 Å². The summed E-state index contributed by atoms with van der Waals surface area (Å²) in [5.74, 6) is -0.639. The van der Waals surface area contributed by atoms with Crippen LogP contribution >= 0.6 is 11.3 Å². The number of ether oxygens (including phenoxy) is 2. The molecule has 6 nitrogen and oxygen atoms in total. The largest absolute Gasteiger partial charge is 0.465 e. The summed E-state index contributed by atoms with van der Waals surface area (Å²) in [5.41, 5.74) is 0. The lowest BCUT2D eigenvalue weighted by molar-refractivity contribution is 0.0602. The molecule has 0 aliphatic carbocycles. The highest BCUT2D eigenvalue weighted by Gasteiger charge is 2.25. The third-order valence-electron chi connectivity index (χ3n) is 3.07. The zero-order chi connectivity index (χ0) is 14.6. The van der Waals surface area contributed by atoms with Crippen molar-refractivity contribution in [2.75, 3.05) is 20.3 Å². The fourth-order valence-corrected chi connectivity index (χ4v) is 4.43. The van der Waals surface area contributed by atoms with E-state index in [4.69, 9.17) is 4.74 Å². The smallest absolute Gasteiger partial charge is 0.349 e. The number of hydrogen-bond donors (Lipinski definition) is 1. The predicted octanol–water partition coefficient (Wildman–Crippen LogP) is 1.38. The van der Waals surface area contributed by atoms with Gasteiger partial charge in [0.2, 0.25) is 10.0 Å². The first-order valence-corrected chi connectivity index (χ1v) is 8.68. The fourth-order valence-electron chi connectivity index (χ4n) is 2.05. The van der Waals surface area contributed by atoms with Gasteiger partial charge in [0.1, 0.15) is 9.77 Å². The number of hydrogen-bond acceptors (Lipinski definition) is 6. The first-order chi connectivity index (χ1) is 9.54. The molecule has 0 unspecified atom stereocenters. The zero-order valence-corrected chi connectivity index (χ0v) is 12.8. The van der Waals surface area contributed by atoms with Crippen molar-refractivity contribution in [2.45, 2.75) is 30.3 Å². The minimum Gasteiger partial charge on any atom is -0.465 e. The number of thiophene rings is 1. The maximum atomic E-state index is 12.2. The Balaban J connectivity index is 1.99. The van der Waals surface area contributed by atoms with Crippen molar-refractivity contribution in [3.63, 3.8) is 0 Å². The van der Waals surface area contributed by atoms with E-state index in [1.54, 1.807) is 5.38 Å². The molecule has 2 rings (SSSR count). The Morgan fingerprint density at radius 3 is 3.05 bits per heavy atom. The van der Waals surface area contributed by atoms with Crippen LogP contribution in [0.4, 0.5) is 0 Å². The zero-order valence-electron chi connectivity index (χ0n) is 11.1. The molecule has 1 aliphatic rings. The van der Waals surface area contributed by atoms with Gasteiger partial charge in [-0.2, -0.15) is 0 Å². The fraction of sp³-hybridized carbons (Fsp3) is 0.583. The van der Waals surface area contributed by atoms with Gasteiger partial charge in [-0.05, 0) is 30.7 Å². The van der Waals surface area contributed by atoms with E-state index in [9.17, 15) is 13.2 Å². The van der Waals surface area contributed by atoms with Gasteiger partial charge >= 0.3 is 5.97 Å². The van der Waals surface area contributed by atoms with Crippen LogP contribution in [0.1, 0.15) is 28.9 Å². The monoisotopic (exact) mass is 319 g/mol. The second-order valence-electron chi connectivity index (χ2n) is 4.43. The topological polar surface area (TPSA) is 81.7 Å². The van der Waals surface area contributed by atoms with Crippen LogP contribution in [0.2, 0.25) is 0 Å². The minimum atomic E-state index is -3.69. The molecule has 1 N–H and O–H groups in total. The van der Waals surface area contributed by atoms with Gasteiger partial charge in [0.15, 0.2) is 0 Å². The Hall–Kier alpha value is -0.960. The molecule has 0 saturated carbocycles. The van der Waals surface area contributed by atoms with Crippen molar-refractivity contribution < 1.29 is 22.7 Å².